The Balaban J connectivity index is 1.80. The lowest BCUT2D eigenvalue weighted by atomic mass is 9.94. The molecule has 10 nitrogen and oxygen atoms in total. The Morgan fingerprint density at radius 3 is 2.76 bits per heavy atom. The Morgan fingerprint density at radius 2 is 2.00 bits per heavy atom. The lowest BCUT2D eigenvalue weighted by Gasteiger charge is -2.28. The third kappa shape index (κ3) is 3.31. The number of non-ortho nitro benzene ring substituents is 1. The second-order valence-corrected chi connectivity index (χ2v) is 6.63. The zero-order valence-corrected chi connectivity index (χ0v) is 15.7. The fraction of sp³-hybridized carbons (Fsp3) is 0.158. The van der Waals surface area contributed by atoms with Crippen molar-refractivity contribution in [2.75, 3.05) is 10.6 Å². The highest BCUT2D eigenvalue weighted by Gasteiger charge is 2.34. The van der Waals surface area contributed by atoms with E-state index in [9.17, 15) is 14.9 Å². The molecule has 0 bridgehead atoms. The number of rotatable bonds is 4. The van der Waals surface area contributed by atoms with Gasteiger partial charge in [0.05, 0.1) is 10.5 Å². The predicted octanol–water partition coefficient (Wildman–Crippen LogP) is 2.82. The minimum Gasteiger partial charge on any atom is -0.326 e. The maximum atomic E-state index is 13.2. The summed E-state index contributed by atoms with van der Waals surface area (Å²) < 4.78 is 1.44. The summed E-state index contributed by atoms with van der Waals surface area (Å²) in [5, 5.41) is 28.8. The van der Waals surface area contributed by atoms with E-state index in [1.807, 2.05) is 31.2 Å². The summed E-state index contributed by atoms with van der Waals surface area (Å²) in [7, 11) is 0. The van der Waals surface area contributed by atoms with E-state index < -0.39 is 11.0 Å². The molecule has 1 aliphatic rings. The van der Waals surface area contributed by atoms with E-state index in [-0.39, 0.29) is 11.6 Å². The first-order chi connectivity index (χ1) is 14.0. The van der Waals surface area contributed by atoms with Gasteiger partial charge in [0, 0.05) is 23.5 Å². The van der Waals surface area contributed by atoms with Crippen LogP contribution in [0.15, 0.2) is 59.8 Å². The van der Waals surface area contributed by atoms with Crippen molar-refractivity contribution in [2.45, 2.75) is 19.9 Å². The minimum absolute atomic E-state index is 0.0769. The number of aryl methyl sites for hydroxylation is 1. The van der Waals surface area contributed by atoms with Gasteiger partial charge in [0.1, 0.15) is 6.04 Å². The van der Waals surface area contributed by atoms with Gasteiger partial charge in [-0.3, -0.25) is 14.9 Å². The second-order valence-electron chi connectivity index (χ2n) is 6.63. The highest BCUT2D eigenvalue weighted by molar-refractivity contribution is 6.06. The van der Waals surface area contributed by atoms with Gasteiger partial charge in [0.2, 0.25) is 5.95 Å². The summed E-state index contributed by atoms with van der Waals surface area (Å²) in [5.74, 6) is 0.00778. The van der Waals surface area contributed by atoms with Crippen molar-refractivity contribution in [3.05, 3.63) is 81.0 Å². The van der Waals surface area contributed by atoms with Crippen LogP contribution in [-0.4, -0.2) is 31.0 Å². The molecule has 0 fully saturated rings. The maximum Gasteiger partial charge on any atom is 0.269 e. The minimum atomic E-state index is -0.717. The van der Waals surface area contributed by atoms with Gasteiger partial charge in [-0.1, -0.05) is 35.4 Å². The number of benzene rings is 2. The summed E-state index contributed by atoms with van der Waals surface area (Å²) in [6.07, 6.45) is 0. The van der Waals surface area contributed by atoms with E-state index in [1.54, 1.807) is 19.1 Å². The molecule has 1 atom stereocenters. The van der Waals surface area contributed by atoms with Crippen molar-refractivity contribution < 1.29 is 9.72 Å². The number of amides is 1. The molecule has 2 N–H and O–H groups in total. The largest absolute Gasteiger partial charge is 0.326 e. The molecule has 1 aliphatic heterocycles. The number of para-hydroxylation sites is 1. The molecule has 0 saturated carbocycles. The van der Waals surface area contributed by atoms with Crippen LogP contribution in [0.2, 0.25) is 0 Å². The van der Waals surface area contributed by atoms with Crippen molar-refractivity contribution in [2.24, 2.45) is 0 Å². The predicted molar refractivity (Wildman–Crippen MR) is 105 cm³/mol. The van der Waals surface area contributed by atoms with Crippen LogP contribution in [0.3, 0.4) is 0 Å². The van der Waals surface area contributed by atoms with Gasteiger partial charge < -0.3 is 10.6 Å². The van der Waals surface area contributed by atoms with Gasteiger partial charge in [0.15, 0.2) is 0 Å². The molecule has 0 saturated heterocycles. The summed E-state index contributed by atoms with van der Waals surface area (Å²) in [4.78, 5) is 24.0. The number of nitrogens with one attached hydrogen (secondary N) is 2. The monoisotopic (exact) mass is 391 g/mol. The normalized spacial score (nSPS) is 15.4. The van der Waals surface area contributed by atoms with Crippen molar-refractivity contribution in [1.29, 1.82) is 0 Å². The van der Waals surface area contributed by atoms with Gasteiger partial charge in [-0.05, 0) is 41.5 Å². The average Bonchev–Trinajstić information content (AvgIpc) is 3.16. The summed E-state index contributed by atoms with van der Waals surface area (Å²) in [6, 6.07) is 12.8. The lowest BCUT2D eigenvalue weighted by molar-refractivity contribution is -0.384. The van der Waals surface area contributed by atoms with Crippen LogP contribution in [0.25, 0.3) is 0 Å². The number of carbonyl (C=O) groups excluding carboxylic acids is 1. The molecule has 2 aromatic carbocycles. The van der Waals surface area contributed by atoms with Crippen LogP contribution in [0, 0.1) is 17.0 Å². The standard InChI is InChI=1S/C19H17N7O3/c1-11-6-3-4-9-15(11)21-18(27)16-12(2)20-19-22-23-24-25(19)17(16)13-7-5-8-14(10-13)26(28)29/h3-10,17H,1-2H3,(H,21,27)(H,20,22,24)/t17-/m0/s1. The first kappa shape index (κ1) is 18.3. The Labute approximate surface area is 165 Å². The molecule has 2 heterocycles. The molecule has 4 rings (SSSR count). The van der Waals surface area contributed by atoms with E-state index in [0.29, 0.717) is 28.5 Å². The summed E-state index contributed by atoms with van der Waals surface area (Å²) >= 11 is 0. The molecular weight excluding hydrogens is 374 g/mol. The van der Waals surface area contributed by atoms with Crippen molar-refractivity contribution in [3.63, 3.8) is 0 Å². The number of hydrogen-bond acceptors (Lipinski definition) is 7. The third-order valence-corrected chi connectivity index (χ3v) is 4.75. The molecular formula is C19H17N7O3. The topological polar surface area (TPSA) is 128 Å². The molecule has 10 heteroatoms. The van der Waals surface area contributed by atoms with Gasteiger partial charge in [-0.15, -0.1) is 0 Å². The Bertz CT molecular complexity index is 1150. The molecule has 0 unspecified atom stereocenters. The van der Waals surface area contributed by atoms with E-state index in [1.165, 1.54) is 16.8 Å². The summed E-state index contributed by atoms with van der Waals surface area (Å²) in [6.45, 7) is 3.64. The number of anilines is 2. The van der Waals surface area contributed by atoms with E-state index in [0.717, 1.165) is 5.56 Å². The number of nitro benzene ring substituents is 1. The highest BCUT2D eigenvalue weighted by atomic mass is 16.6. The highest BCUT2D eigenvalue weighted by Crippen LogP contribution is 2.36. The Kier molecular flexibility index (Phi) is 4.51. The molecule has 29 heavy (non-hydrogen) atoms. The third-order valence-electron chi connectivity index (χ3n) is 4.75. The average molecular weight is 391 g/mol. The fourth-order valence-corrected chi connectivity index (χ4v) is 3.33. The number of carbonyl (C=O) groups is 1. The fourth-order valence-electron chi connectivity index (χ4n) is 3.33. The van der Waals surface area contributed by atoms with Gasteiger partial charge in [-0.25, -0.2) is 0 Å². The number of hydrogen-bond donors (Lipinski definition) is 2. The number of nitrogens with zero attached hydrogens (tertiary/aromatic N) is 5. The zero-order chi connectivity index (χ0) is 20.5. The number of allylic oxidation sites excluding steroid dienone is 1. The second kappa shape index (κ2) is 7.15. The molecule has 1 amide bonds. The molecule has 3 aromatic rings. The van der Waals surface area contributed by atoms with Crippen molar-refractivity contribution in [1.82, 2.24) is 20.2 Å². The number of aromatic nitrogens is 4. The SMILES string of the molecule is CC1=C(C(=O)Nc2ccccc2C)[C@H](c2cccc([N+](=O)[O-])c2)n2nnnc2N1. The van der Waals surface area contributed by atoms with Crippen molar-refractivity contribution in [3.8, 4) is 0 Å². The van der Waals surface area contributed by atoms with Crippen LogP contribution in [0.1, 0.15) is 24.1 Å². The molecule has 0 spiro atoms. The Morgan fingerprint density at radius 1 is 1.21 bits per heavy atom. The first-order valence-corrected chi connectivity index (χ1v) is 8.82. The van der Waals surface area contributed by atoms with Gasteiger partial charge in [-0.2, -0.15) is 4.68 Å². The van der Waals surface area contributed by atoms with Crippen LogP contribution in [0.5, 0.6) is 0 Å². The van der Waals surface area contributed by atoms with Gasteiger partial charge in [0.25, 0.3) is 11.6 Å². The van der Waals surface area contributed by atoms with E-state index in [4.69, 9.17) is 0 Å². The van der Waals surface area contributed by atoms with Crippen molar-refractivity contribution >= 4 is 23.2 Å². The zero-order valence-electron chi connectivity index (χ0n) is 15.7. The van der Waals surface area contributed by atoms with E-state index in [2.05, 4.69) is 26.2 Å². The first-order valence-electron chi connectivity index (χ1n) is 8.82. The molecule has 0 aliphatic carbocycles. The molecule has 146 valence electrons. The lowest BCUT2D eigenvalue weighted by Crippen LogP contribution is -2.31. The van der Waals surface area contributed by atoms with Gasteiger partial charge >= 0.3 is 0 Å². The smallest absolute Gasteiger partial charge is 0.269 e. The number of nitro groups is 1. The van der Waals surface area contributed by atoms with Crippen LogP contribution in [0.4, 0.5) is 17.3 Å². The quantitative estimate of drug-likeness (QED) is 0.517. The number of tetrazole rings is 1. The summed E-state index contributed by atoms with van der Waals surface area (Å²) in [5.41, 5.74) is 2.98. The van der Waals surface area contributed by atoms with Crippen LogP contribution in [-0.2, 0) is 4.79 Å². The Hall–Kier alpha value is -4.08. The molecule has 1 aromatic heterocycles. The van der Waals surface area contributed by atoms with Crippen LogP contribution >= 0.6 is 0 Å². The van der Waals surface area contributed by atoms with Crippen LogP contribution < -0.4 is 10.6 Å². The number of fused-ring (bicyclic) bond motifs is 1. The molecule has 0 radical (unpaired) electrons. The van der Waals surface area contributed by atoms with E-state index >= 15 is 0 Å². The maximum absolute atomic E-state index is 13.2.